The van der Waals surface area contributed by atoms with Gasteiger partial charge in [0, 0.05) is 4.43 Å². The molecule has 0 radical (unpaired) electrons. The summed E-state index contributed by atoms with van der Waals surface area (Å²) in [6.45, 7) is 0. The molecule has 13 heavy (non-hydrogen) atoms. The van der Waals surface area contributed by atoms with Gasteiger partial charge in [-0.3, -0.25) is 0 Å². The molecule has 0 aromatic heterocycles. The fourth-order valence-corrected chi connectivity index (χ4v) is 2.94. The second-order valence-corrected chi connectivity index (χ2v) is 4.63. The highest BCUT2D eigenvalue weighted by Crippen LogP contribution is 2.35. The summed E-state index contributed by atoms with van der Waals surface area (Å²) < 4.78 is 5.99. The van der Waals surface area contributed by atoms with Crippen LogP contribution in [0.25, 0.3) is 0 Å². The van der Waals surface area contributed by atoms with Crippen molar-refractivity contribution < 1.29 is 14.6 Å². The molecule has 0 aliphatic heterocycles. The minimum atomic E-state index is -1.12. The van der Waals surface area contributed by atoms with Gasteiger partial charge in [-0.25, -0.2) is 4.79 Å². The Kier molecular flexibility index (Phi) is 4.28. The smallest absolute Gasteiger partial charge is 0.450 e. The monoisotopic (exact) mass is 298 g/mol. The van der Waals surface area contributed by atoms with Gasteiger partial charge >= 0.3 is 6.16 Å². The molecule has 0 saturated heterocycles. The average Bonchev–Trinajstić information content (AvgIpc) is 2.04. The fraction of sp³-hybridized carbons (Fsp3) is 0.889. The third kappa shape index (κ3) is 3.32. The average molecular weight is 298 g/mol. The lowest BCUT2D eigenvalue weighted by atomic mass is 9.83. The van der Waals surface area contributed by atoms with Gasteiger partial charge in [0.2, 0.25) is 0 Å². The van der Waals surface area contributed by atoms with Crippen LogP contribution in [0.4, 0.5) is 4.79 Å². The molecule has 1 rings (SSSR count). The van der Waals surface area contributed by atoms with E-state index in [1.54, 1.807) is 0 Å². The molecule has 4 heteroatoms. The van der Waals surface area contributed by atoms with Gasteiger partial charge in [0.1, 0.15) is 5.60 Å². The van der Waals surface area contributed by atoms with Crippen LogP contribution in [-0.4, -0.2) is 21.3 Å². The zero-order valence-corrected chi connectivity index (χ0v) is 9.75. The highest BCUT2D eigenvalue weighted by molar-refractivity contribution is 14.1. The molecule has 3 nitrogen and oxygen atoms in total. The van der Waals surface area contributed by atoms with Crippen molar-refractivity contribution in [1.29, 1.82) is 0 Å². The largest absolute Gasteiger partial charge is 0.506 e. The normalized spacial score (nSPS) is 21.0. The number of hydrogen-bond acceptors (Lipinski definition) is 2. The maximum atomic E-state index is 10.5. The number of rotatable bonds is 3. The number of carbonyl (C=O) groups is 1. The van der Waals surface area contributed by atoms with Crippen molar-refractivity contribution in [3.63, 3.8) is 0 Å². The molecular formula is C9H15IO3. The van der Waals surface area contributed by atoms with E-state index in [2.05, 4.69) is 22.6 Å². The van der Waals surface area contributed by atoms with E-state index in [0.29, 0.717) is 0 Å². The molecule has 1 saturated carbocycles. The predicted molar refractivity (Wildman–Crippen MR) is 58.4 cm³/mol. The first-order valence-corrected chi connectivity index (χ1v) is 6.19. The molecule has 76 valence electrons. The fourth-order valence-electron chi connectivity index (χ4n) is 1.96. The van der Waals surface area contributed by atoms with Crippen molar-refractivity contribution >= 4 is 28.7 Å². The van der Waals surface area contributed by atoms with Crippen LogP contribution in [-0.2, 0) is 4.74 Å². The number of alkyl halides is 1. The molecule has 0 heterocycles. The molecule has 0 bridgehead atoms. The van der Waals surface area contributed by atoms with Crippen molar-refractivity contribution in [2.45, 2.75) is 44.1 Å². The van der Waals surface area contributed by atoms with E-state index in [9.17, 15) is 4.79 Å². The number of ether oxygens (including phenoxy) is 1. The Morgan fingerprint density at radius 2 is 2.00 bits per heavy atom. The van der Waals surface area contributed by atoms with E-state index in [4.69, 9.17) is 9.84 Å². The first-order valence-electron chi connectivity index (χ1n) is 4.66. The first kappa shape index (κ1) is 11.1. The Hall–Kier alpha value is 0. The van der Waals surface area contributed by atoms with E-state index in [-0.39, 0.29) is 5.60 Å². The van der Waals surface area contributed by atoms with Crippen molar-refractivity contribution in [1.82, 2.24) is 0 Å². The van der Waals surface area contributed by atoms with Crippen LogP contribution in [0.5, 0.6) is 0 Å². The summed E-state index contributed by atoms with van der Waals surface area (Å²) in [5.74, 6) is 0. The van der Waals surface area contributed by atoms with E-state index >= 15 is 0 Å². The SMILES string of the molecule is O=C(O)OC1(CCI)CCCCC1. The number of halogens is 1. The van der Waals surface area contributed by atoms with Crippen LogP contribution < -0.4 is 0 Å². The molecule has 1 aliphatic rings. The van der Waals surface area contributed by atoms with E-state index < -0.39 is 6.16 Å². The van der Waals surface area contributed by atoms with Gasteiger partial charge in [-0.05, 0) is 32.1 Å². The Morgan fingerprint density at radius 1 is 1.38 bits per heavy atom. The summed E-state index contributed by atoms with van der Waals surface area (Å²) in [5.41, 5.74) is -0.356. The molecule has 0 atom stereocenters. The van der Waals surface area contributed by atoms with E-state index in [0.717, 1.165) is 36.5 Å². The third-order valence-corrected chi connectivity index (χ3v) is 3.16. The number of carboxylic acid groups (broad SMARTS) is 1. The van der Waals surface area contributed by atoms with Crippen LogP contribution >= 0.6 is 22.6 Å². The Labute approximate surface area is 92.0 Å². The van der Waals surface area contributed by atoms with Crippen LogP contribution in [0.15, 0.2) is 0 Å². The summed E-state index contributed by atoms with van der Waals surface area (Å²) in [4.78, 5) is 10.5. The molecule has 1 N–H and O–H groups in total. The second kappa shape index (κ2) is 5.02. The van der Waals surface area contributed by atoms with Gasteiger partial charge in [-0.2, -0.15) is 0 Å². The second-order valence-electron chi connectivity index (χ2n) is 3.55. The van der Waals surface area contributed by atoms with Crippen molar-refractivity contribution in [2.24, 2.45) is 0 Å². The Bertz CT molecular complexity index is 170. The minimum absolute atomic E-state index is 0.356. The number of hydrogen-bond donors (Lipinski definition) is 1. The molecule has 1 fully saturated rings. The first-order chi connectivity index (χ1) is 6.18. The Morgan fingerprint density at radius 3 is 2.46 bits per heavy atom. The Balaban J connectivity index is 2.55. The summed E-state index contributed by atoms with van der Waals surface area (Å²) in [6.07, 6.45) is 4.97. The van der Waals surface area contributed by atoms with Crippen molar-refractivity contribution in [3.8, 4) is 0 Å². The zero-order chi connectivity index (χ0) is 9.73. The summed E-state index contributed by atoms with van der Waals surface area (Å²) >= 11 is 2.27. The van der Waals surface area contributed by atoms with Gasteiger partial charge < -0.3 is 9.84 Å². The molecule has 1 aliphatic carbocycles. The molecule has 0 amide bonds. The van der Waals surface area contributed by atoms with Gasteiger partial charge in [0.05, 0.1) is 0 Å². The standard InChI is InChI=1S/C9H15IO3/c10-7-6-9(13-8(11)12)4-2-1-3-5-9/h1-7H2,(H,11,12). The predicted octanol–water partition coefficient (Wildman–Crippen LogP) is 3.21. The highest BCUT2D eigenvalue weighted by atomic mass is 127. The van der Waals surface area contributed by atoms with Gasteiger partial charge in [0.25, 0.3) is 0 Å². The lowest BCUT2D eigenvalue weighted by Crippen LogP contribution is -2.37. The summed E-state index contributed by atoms with van der Waals surface area (Å²) in [5, 5.41) is 8.63. The lowest BCUT2D eigenvalue weighted by molar-refractivity contribution is -0.0426. The van der Waals surface area contributed by atoms with Gasteiger partial charge in [0.15, 0.2) is 0 Å². The van der Waals surface area contributed by atoms with Gasteiger partial charge in [-0.1, -0.05) is 29.0 Å². The topological polar surface area (TPSA) is 46.5 Å². The molecule has 0 aromatic rings. The zero-order valence-electron chi connectivity index (χ0n) is 7.59. The van der Waals surface area contributed by atoms with Crippen LogP contribution in [0.2, 0.25) is 0 Å². The quantitative estimate of drug-likeness (QED) is 0.494. The van der Waals surface area contributed by atoms with Crippen LogP contribution in [0.1, 0.15) is 38.5 Å². The van der Waals surface area contributed by atoms with E-state index in [1.807, 2.05) is 0 Å². The third-order valence-electron chi connectivity index (χ3n) is 2.62. The van der Waals surface area contributed by atoms with Gasteiger partial charge in [-0.15, -0.1) is 0 Å². The maximum absolute atomic E-state index is 10.5. The molecule has 0 aromatic carbocycles. The van der Waals surface area contributed by atoms with E-state index in [1.165, 1.54) is 6.42 Å². The summed E-state index contributed by atoms with van der Waals surface area (Å²) in [7, 11) is 0. The maximum Gasteiger partial charge on any atom is 0.506 e. The molecule has 0 unspecified atom stereocenters. The lowest BCUT2D eigenvalue weighted by Gasteiger charge is -2.35. The van der Waals surface area contributed by atoms with Crippen molar-refractivity contribution in [2.75, 3.05) is 4.43 Å². The summed E-state index contributed by atoms with van der Waals surface area (Å²) in [6, 6.07) is 0. The van der Waals surface area contributed by atoms with Crippen LogP contribution in [0, 0.1) is 0 Å². The van der Waals surface area contributed by atoms with Crippen molar-refractivity contribution in [3.05, 3.63) is 0 Å². The molecule has 0 spiro atoms. The van der Waals surface area contributed by atoms with Crippen LogP contribution in [0.3, 0.4) is 0 Å². The molecular weight excluding hydrogens is 283 g/mol. The minimum Gasteiger partial charge on any atom is -0.450 e. The highest BCUT2D eigenvalue weighted by Gasteiger charge is 2.35.